The maximum absolute atomic E-state index is 13.7. The molecule has 1 fully saturated rings. The number of hydrogen-bond acceptors (Lipinski definition) is 6. The molecule has 0 aliphatic heterocycles. The summed E-state index contributed by atoms with van der Waals surface area (Å²) in [7, 11) is 0. The Morgan fingerprint density at radius 2 is 1.83 bits per heavy atom. The predicted molar refractivity (Wildman–Crippen MR) is 135 cm³/mol. The van der Waals surface area contributed by atoms with E-state index >= 15 is 0 Å². The van der Waals surface area contributed by atoms with Gasteiger partial charge in [-0.3, -0.25) is 24.3 Å². The van der Waals surface area contributed by atoms with Crippen molar-refractivity contribution in [3.63, 3.8) is 0 Å². The summed E-state index contributed by atoms with van der Waals surface area (Å²) in [6, 6.07) is 11.8. The number of nitrogens with zero attached hydrogens (tertiary/aromatic N) is 3. The highest BCUT2D eigenvalue weighted by Crippen LogP contribution is 2.30. The van der Waals surface area contributed by atoms with E-state index in [1.165, 1.54) is 4.90 Å². The number of nitrogens with one attached hydrogen (secondary N) is 2. The van der Waals surface area contributed by atoms with Crippen LogP contribution in [-0.2, 0) is 14.4 Å². The van der Waals surface area contributed by atoms with Crippen molar-refractivity contribution in [3.8, 4) is 0 Å². The van der Waals surface area contributed by atoms with Gasteiger partial charge in [0.2, 0.25) is 17.7 Å². The van der Waals surface area contributed by atoms with Crippen LogP contribution in [0.4, 0.5) is 11.5 Å². The second-order valence-electron chi connectivity index (χ2n) is 9.15. The number of carbonyl (C=O) groups excluding carboxylic acids is 3. The molecule has 1 saturated carbocycles. The van der Waals surface area contributed by atoms with E-state index in [9.17, 15) is 14.4 Å². The lowest BCUT2D eigenvalue weighted by Gasteiger charge is -2.32. The van der Waals surface area contributed by atoms with Crippen LogP contribution >= 0.6 is 0 Å². The van der Waals surface area contributed by atoms with Crippen LogP contribution in [0.15, 0.2) is 59.4 Å². The molecule has 1 aromatic carbocycles. The second kappa shape index (κ2) is 11.6. The molecule has 2 heterocycles. The summed E-state index contributed by atoms with van der Waals surface area (Å²) < 4.78 is 4.97. The van der Waals surface area contributed by atoms with Crippen molar-refractivity contribution < 1.29 is 18.9 Å². The molecule has 1 aliphatic carbocycles. The molecular weight excluding hydrogens is 458 g/mol. The number of rotatable bonds is 9. The Hall–Kier alpha value is -4.01. The minimum absolute atomic E-state index is 0.0770. The SMILES string of the molecule is Cc1ccc(C(C(=O)NC2CCCC2)N(C(=O)CCC(=O)Nc2cc(C)on2)c2cccnc2)cc1. The highest BCUT2D eigenvalue weighted by Gasteiger charge is 2.34. The molecule has 1 atom stereocenters. The van der Waals surface area contributed by atoms with Crippen molar-refractivity contribution in [3.05, 3.63) is 71.7 Å². The van der Waals surface area contributed by atoms with Crippen LogP contribution in [0.2, 0.25) is 0 Å². The zero-order valence-corrected chi connectivity index (χ0v) is 20.6. The second-order valence-corrected chi connectivity index (χ2v) is 9.15. The number of hydrogen-bond donors (Lipinski definition) is 2. The van der Waals surface area contributed by atoms with Crippen LogP contribution in [0.5, 0.6) is 0 Å². The number of amides is 3. The van der Waals surface area contributed by atoms with Crippen LogP contribution in [0.1, 0.15) is 61.5 Å². The first-order chi connectivity index (χ1) is 17.4. The lowest BCUT2D eigenvalue weighted by Crippen LogP contribution is -2.46. The Bertz CT molecular complexity index is 1190. The van der Waals surface area contributed by atoms with Gasteiger partial charge in [-0.2, -0.15) is 0 Å². The Labute approximate surface area is 210 Å². The number of pyridine rings is 1. The molecule has 0 spiro atoms. The lowest BCUT2D eigenvalue weighted by atomic mass is 10.0. The van der Waals surface area contributed by atoms with Crippen molar-refractivity contribution in [1.29, 1.82) is 0 Å². The van der Waals surface area contributed by atoms with E-state index < -0.39 is 6.04 Å². The first-order valence-electron chi connectivity index (χ1n) is 12.2. The molecule has 4 rings (SSSR count). The van der Waals surface area contributed by atoms with Gasteiger partial charge in [-0.1, -0.05) is 47.8 Å². The molecule has 0 radical (unpaired) electrons. The monoisotopic (exact) mass is 489 g/mol. The van der Waals surface area contributed by atoms with Crippen LogP contribution in [-0.4, -0.2) is 33.9 Å². The molecule has 3 aromatic rings. The largest absolute Gasteiger partial charge is 0.360 e. The Morgan fingerprint density at radius 3 is 2.47 bits per heavy atom. The van der Waals surface area contributed by atoms with E-state index in [1.807, 2.05) is 31.2 Å². The summed E-state index contributed by atoms with van der Waals surface area (Å²) >= 11 is 0. The minimum Gasteiger partial charge on any atom is -0.360 e. The quantitative estimate of drug-likeness (QED) is 0.464. The Kier molecular flexibility index (Phi) is 8.10. The van der Waals surface area contributed by atoms with Crippen molar-refractivity contribution in [2.24, 2.45) is 0 Å². The summed E-state index contributed by atoms with van der Waals surface area (Å²) in [4.78, 5) is 45.4. The lowest BCUT2D eigenvalue weighted by molar-refractivity contribution is -0.127. The molecule has 2 aromatic heterocycles. The normalized spacial score (nSPS) is 14.3. The molecule has 9 heteroatoms. The fourth-order valence-electron chi connectivity index (χ4n) is 4.42. The number of anilines is 2. The average molecular weight is 490 g/mol. The zero-order chi connectivity index (χ0) is 25.5. The first-order valence-corrected chi connectivity index (χ1v) is 12.2. The van der Waals surface area contributed by atoms with Gasteiger partial charge in [0, 0.05) is 31.1 Å². The van der Waals surface area contributed by atoms with Crippen LogP contribution in [0.25, 0.3) is 0 Å². The highest BCUT2D eigenvalue weighted by atomic mass is 16.5. The van der Waals surface area contributed by atoms with Crippen molar-refractivity contribution in [2.45, 2.75) is 64.5 Å². The van der Waals surface area contributed by atoms with Gasteiger partial charge in [0.1, 0.15) is 11.8 Å². The van der Waals surface area contributed by atoms with E-state index in [4.69, 9.17) is 4.52 Å². The summed E-state index contributed by atoms with van der Waals surface area (Å²) in [5.74, 6) is -0.113. The minimum atomic E-state index is -0.899. The van der Waals surface area contributed by atoms with Crippen LogP contribution in [0.3, 0.4) is 0 Å². The smallest absolute Gasteiger partial charge is 0.248 e. The standard InChI is InChI=1S/C27H31N5O4/c1-18-9-11-20(12-10-18)26(27(35)29-21-6-3-4-7-21)32(22-8-5-15-28-17-22)25(34)14-13-24(33)30-23-16-19(2)36-31-23/h5,8-12,15-17,21,26H,3-4,6-7,13-14H2,1-2H3,(H,29,35)(H,30,31,33). The third-order valence-corrected chi connectivity index (χ3v) is 6.26. The van der Waals surface area contributed by atoms with Gasteiger partial charge in [-0.25, -0.2) is 0 Å². The van der Waals surface area contributed by atoms with Gasteiger partial charge in [0.05, 0.1) is 11.9 Å². The van der Waals surface area contributed by atoms with E-state index in [-0.39, 0.29) is 36.6 Å². The van der Waals surface area contributed by atoms with E-state index in [2.05, 4.69) is 20.8 Å². The number of aryl methyl sites for hydroxylation is 2. The summed E-state index contributed by atoms with van der Waals surface area (Å²) in [6.45, 7) is 3.69. The van der Waals surface area contributed by atoms with E-state index in [0.29, 0.717) is 22.8 Å². The van der Waals surface area contributed by atoms with E-state index in [0.717, 1.165) is 31.2 Å². The van der Waals surface area contributed by atoms with Crippen molar-refractivity contribution in [1.82, 2.24) is 15.5 Å². The zero-order valence-electron chi connectivity index (χ0n) is 20.6. The van der Waals surface area contributed by atoms with Gasteiger partial charge >= 0.3 is 0 Å². The van der Waals surface area contributed by atoms with Gasteiger partial charge in [0.15, 0.2) is 5.82 Å². The molecule has 9 nitrogen and oxygen atoms in total. The molecule has 2 N–H and O–H groups in total. The fourth-order valence-corrected chi connectivity index (χ4v) is 4.42. The number of benzene rings is 1. The van der Waals surface area contributed by atoms with Gasteiger partial charge < -0.3 is 15.2 Å². The summed E-state index contributed by atoms with van der Waals surface area (Å²) in [5.41, 5.74) is 2.23. The molecule has 1 aliphatic rings. The molecular formula is C27H31N5O4. The fraction of sp³-hybridized carbons (Fsp3) is 0.370. The third kappa shape index (κ3) is 6.35. The molecule has 0 saturated heterocycles. The highest BCUT2D eigenvalue weighted by molar-refractivity contribution is 6.03. The topological polar surface area (TPSA) is 117 Å². The van der Waals surface area contributed by atoms with Gasteiger partial charge in [-0.15, -0.1) is 0 Å². The third-order valence-electron chi connectivity index (χ3n) is 6.26. The van der Waals surface area contributed by atoms with Crippen LogP contribution < -0.4 is 15.5 Å². The van der Waals surface area contributed by atoms with Crippen molar-refractivity contribution >= 4 is 29.2 Å². The molecule has 36 heavy (non-hydrogen) atoms. The predicted octanol–water partition coefficient (Wildman–Crippen LogP) is 4.24. The first kappa shape index (κ1) is 25.1. The van der Waals surface area contributed by atoms with E-state index in [1.54, 1.807) is 37.5 Å². The maximum Gasteiger partial charge on any atom is 0.248 e. The Morgan fingerprint density at radius 1 is 1.08 bits per heavy atom. The number of carbonyl (C=O) groups is 3. The van der Waals surface area contributed by atoms with Crippen molar-refractivity contribution in [2.75, 3.05) is 10.2 Å². The average Bonchev–Trinajstić information content (AvgIpc) is 3.53. The molecule has 0 bridgehead atoms. The van der Waals surface area contributed by atoms with Gasteiger partial charge in [0.25, 0.3) is 0 Å². The maximum atomic E-state index is 13.7. The molecule has 188 valence electrons. The summed E-state index contributed by atoms with van der Waals surface area (Å²) in [5, 5.41) is 9.52. The Balaban J connectivity index is 1.59. The molecule has 1 unspecified atom stereocenters. The number of aromatic nitrogens is 2. The van der Waals surface area contributed by atoms with Gasteiger partial charge in [-0.05, 0) is 44.4 Å². The summed E-state index contributed by atoms with van der Waals surface area (Å²) in [6.07, 6.45) is 6.99. The van der Waals surface area contributed by atoms with Crippen LogP contribution in [0, 0.1) is 13.8 Å². The molecule has 3 amide bonds.